The number of hydrogen-bond acceptors (Lipinski definition) is 7. The summed E-state index contributed by atoms with van der Waals surface area (Å²) in [5, 5.41) is 15.2. The highest BCUT2D eigenvalue weighted by molar-refractivity contribution is 5.98. The summed E-state index contributed by atoms with van der Waals surface area (Å²) >= 11 is 0. The largest absolute Gasteiger partial charge is 0.497 e. The maximum absolute atomic E-state index is 14.4. The standard InChI is InChI=1S/C43H56N8O7/c1-25(2)19-33-41(55)48-34(20-28-14-16-30(58-7)17-15-28)40(54)45-27(5)39(53)49-36(26(3)4)23-51(43(57)37-13-10-18-50(37)6)24-38(52)46-35(42(56)47-33)21-29-22-44-32-12-9-8-11-31(29)32/h8-18,22,25-27,33-36,44H,19-21,23-24H2,1-7H3,(H,45,54)(H,46,52)(H,47,56)(H,48,55)(H,49,53)/t27-,33+,34+,35-,36-/m1/s1. The number of nitrogens with one attached hydrogen (secondary N) is 6. The number of rotatable bonds is 9. The van der Waals surface area contributed by atoms with Crippen LogP contribution in [-0.2, 0) is 43.9 Å². The summed E-state index contributed by atoms with van der Waals surface area (Å²) in [5.74, 6) is -3.04. The average molecular weight is 797 g/mol. The smallest absolute Gasteiger partial charge is 0.271 e. The van der Waals surface area contributed by atoms with Crippen LogP contribution in [-0.4, -0.2) is 100 Å². The van der Waals surface area contributed by atoms with Crippen molar-refractivity contribution < 1.29 is 33.5 Å². The lowest BCUT2D eigenvalue weighted by atomic mass is 9.99. The Balaban J connectivity index is 1.55. The highest BCUT2D eigenvalue weighted by Crippen LogP contribution is 2.20. The SMILES string of the molecule is COc1ccc(C[C@@H]2NC(=O)[C@H](CC(C)C)NC(=O)[C@@H](Cc3c[nH]c4ccccc34)NC(=O)CN(C(=O)c3cccn3C)C[C@H](C(C)C)NC(=O)[C@@H](C)NC2=O)cc1. The maximum Gasteiger partial charge on any atom is 0.271 e. The zero-order valence-corrected chi connectivity index (χ0v) is 34.3. The van der Waals surface area contributed by atoms with Gasteiger partial charge < -0.3 is 45.8 Å². The van der Waals surface area contributed by atoms with Crippen LogP contribution in [0.4, 0.5) is 0 Å². The number of ether oxygens (including phenoxy) is 1. The number of carbonyl (C=O) groups excluding carboxylic acids is 6. The van der Waals surface area contributed by atoms with Crippen molar-refractivity contribution in [3.63, 3.8) is 0 Å². The molecule has 0 unspecified atom stereocenters. The molecule has 1 aliphatic rings. The van der Waals surface area contributed by atoms with E-state index in [0.29, 0.717) is 17.0 Å². The molecule has 2 aromatic heterocycles. The van der Waals surface area contributed by atoms with Gasteiger partial charge in [-0.15, -0.1) is 0 Å². The first kappa shape index (κ1) is 43.0. The molecule has 6 amide bonds. The topological polar surface area (TPSA) is 196 Å². The van der Waals surface area contributed by atoms with Crippen molar-refractivity contribution in [2.24, 2.45) is 18.9 Å². The minimum absolute atomic E-state index is 0.0482. The quantitative estimate of drug-likeness (QED) is 0.150. The second kappa shape index (κ2) is 19.4. The van der Waals surface area contributed by atoms with Crippen molar-refractivity contribution in [1.82, 2.24) is 41.0 Å². The Morgan fingerprint density at radius 1 is 0.776 bits per heavy atom. The predicted octanol–water partition coefficient (Wildman–Crippen LogP) is 2.60. The molecular formula is C43H56N8O7. The third kappa shape index (κ3) is 11.0. The molecule has 1 saturated heterocycles. The van der Waals surface area contributed by atoms with E-state index in [1.165, 1.54) is 11.8 Å². The van der Waals surface area contributed by atoms with Crippen LogP contribution in [0.15, 0.2) is 73.1 Å². The highest BCUT2D eigenvalue weighted by Gasteiger charge is 2.34. The molecule has 0 bridgehead atoms. The molecule has 4 aromatic rings. The van der Waals surface area contributed by atoms with Crippen LogP contribution in [0.1, 0.15) is 62.7 Å². The van der Waals surface area contributed by atoms with E-state index in [0.717, 1.165) is 16.5 Å². The molecule has 5 rings (SSSR count). The zero-order valence-electron chi connectivity index (χ0n) is 34.3. The Morgan fingerprint density at radius 2 is 1.43 bits per heavy atom. The number of nitrogens with zero attached hydrogens (tertiary/aromatic N) is 2. The Hall–Kier alpha value is -6.12. The fourth-order valence-electron chi connectivity index (χ4n) is 7.01. The zero-order chi connectivity index (χ0) is 42.1. The number of H-pyrrole nitrogens is 1. The van der Waals surface area contributed by atoms with Crippen LogP contribution in [0.3, 0.4) is 0 Å². The monoisotopic (exact) mass is 796 g/mol. The van der Waals surface area contributed by atoms with Gasteiger partial charge in [-0.05, 0) is 66.6 Å². The van der Waals surface area contributed by atoms with Crippen LogP contribution >= 0.6 is 0 Å². The van der Waals surface area contributed by atoms with Crippen molar-refractivity contribution in [3.05, 3.63) is 89.9 Å². The van der Waals surface area contributed by atoms with Gasteiger partial charge in [-0.3, -0.25) is 28.8 Å². The van der Waals surface area contributed by atoms with E-state index in [-0.39, 0.29) is 37.6 Å². The summed E-state index contributed by atoms with van der Waals surface area (Å²) in [5.41, 5.74) is 2.64. The van der Waals surface area contributed by atoms with Gasteiger partial charge in [0.2, 0.25) is 29.5 Å². The van der Waals surface area contributed by atoms with Crippen molar-refractivity contribution in [2.75, 3.05) is 20.2 Å². The van der Waals surface area contributed by atoms with E-state index in [9.17, 15) is 28.8 Å². The first-order chi connectivity index (χ1) is 27.6. The molecular weight excluding hydrogens is 741 g/mol. The number of methoxy groups -OCH3 is 1. The normalized spacial score (nSPS) is 21.8. The van der Waals surface area contributed by atoms with E-state index in [2.05, 4.69) is 31.6 Å². The van der Waals surface area contributed by atoms with E-state index in [1.807, 2.05) is 52.0 Å². The summed E-state index contributed by atoms with van der Waals surface area (Å²) in [6.07, 6.45) is 3.85. The van der Waals surface area contributed by atoms with Crippen molar-refractivity contribution in [1.29, 1.82) is 0 Å². The summed E-state index contributed by atoms with van der Waals surface area (Å²) in [4.78, 5) is 89.0. The fraction of sp³-hybridized carbons (Fsp3) is 0.442. The third-order valence-corrected chi connectivity index (χ3v) is 10.4. The van der Waals surface area contributed by atoms with E-state index in [1.54, 1.807) is 67.5 Å². The number of amides is 6. The second-order valence-corrected chi connectivity index (χ2v) is 15.8. The van der Waals surface area contributed by atoms with Gasteiger partial charge in [0.15, 0.2) is 0 Å². The van der Waals surface area contributed by atoms with Gasteiger partial charge in [-0.25, -0.2) is 0 Å². The molecule has 3 heterocycles. The molecule has 0 saturated carbocycles. The van der Waals surface area contributed by atoms with Gasteiger partial charge >= 0.3 is 0 Å². The molecule has 310 valence electrons. The molecule has 0 spiro atoms. The molecule has 5 atom stereocenters. The Kier molecular flexibility index (Phi) is 14.4. The lowest BCUT2D eigenvalue weighted by Crippen LogP contribution is -2.60. The van der Waals surface area contributed by atoms with Gasteiger partial charge in [0, 0.05) is 55.8 Å². The number of benzene rings is 2. The molecule has 15 nitrogen and oxygen atoms in total. The number of fused-ring (bicyclic) bond motifs is 1. The van der Waals surface area contributed by atoms with Gasteiger partial charge in [0.1, 0.15) is 35.6 Å². The van der Waals surface area contributed by atoms with Crippen molar-refractivity contribution >= 4 is 46.3 Å². The van der Waals surface area contributed by atoms with Crippen LogP contribution < -0.4 is 31.3 Å². The summed E-state index contributed by atoms with van der Waals surface area (Å²) in [7, 11) is 3.26. The maximum atomic E-state index is 14.4. The number of aromatic amines is 1. The minimum Gasteiger partial charge on any atom is -0.497 e. The summed E-state index contributed by atoms with van der Waals surface area (Å²) in [6, 6.07) is 12.9. The Labute approximate surface area is 339 Å². The third-order valence-electron chi connectivity index (χ3n) is 10.4. The molecule has 58 heavy (non-hydrogen) atoms. The number of carbonyl (C=O) groups is 6. The molecule has 1 aliphatic heterocycles. The molecule has 0 aliphatic carbocycles. The molecule has 0 radical (unpaired) electrons. The van der Waals surface area contributed by atoms with Crippen LogP contribution in [0.25, 0.3) is 10.9 Å². The van der Waals surface area contributed by atoms with E-state index < -0.39 is 72.2 Å². The Bertz CT molecular complexity index is 2090. The number of para-hydroxylation sites is 1. The number of hydrogen-bond donors (Lipinski definition) is 6. The van der Waals surface area contributed by atoms with Gasteiger partial charge in [0.05, 0.1) is 13.7 Å². The van der Waals surface area contributed by atoms with E-state index in [4.69, 9.17) is 4.74 Å². The number of aromatic nitrogens is 2. The first-order valence-electron chi connectivity index (χ1n) is 19.7. The first-order valence-corrected chi connectivity index (χ1v) is 19.7. The lowest BCUT2D eigenvalue weighted by Gasteiger charge is -2.32. The molecule has 6 N–H and O–H groups in total. The van der Waals surface area contributed by atoms with E-state index >= 15 is 0 Å². The molecule has 1 fully saturated rings. The van der Waals surface area contributed by atoms with Crippen LogP contribution in [0, 0.1) is 11.8 Å². The van der Waals surface area contributed by atoms with Gasteiger partial charge in [0.25, 0.3) is 5.91 Å². The summed E-state index contributed by atoms with van der Waals surface area (Å²) < 4.78 is 6.93. The predicted molar refractivity (Wildman–Crippen MR) is 220 cm³/mol. The van der Waals surface area contributed by atoms with Crippen molar-refractivity contribution in [3.8, 4) is 5.75 Å². The van der Waals surface area contributed by atoms with Gasteiger partial charge in [-0.2, -0.15) is 0 Å². The van der Waals surface area contributed by atoms with Crippen molar-refractivity contribution in [2.45, 2.75) is 84.1 Å². The average Bonchev–Trinajstić information content (AvgIpc) is 3.81. The molecule has 2 aromatic carbocycles. The number of aryl methyl sites for hydroxylation is 1. The van der Waals surface area contributed by atoms with Crippen LogP contribution in [0.2, 0.25) is 0 Å². The lowest BCUT2D eigenvalue weighted by molar-refractivity contribution is -0.135. The Morgan fingerprint density at radius 3 is 2.09 bits per heavy atom. The minimum atomic E-state index is -1.17. The second-order valence-electron chi connectivity index (χ2n) is 15.8. The van der Waals surface area contributed by atoms with Gasteiger partial charge in [-0.1, -0.05) is 58.0 Å². The summed E-state index contributed by atoms with van der Waals surface area (Å²) in [6.45, 7) is 8.61. The highest BCUT2D eigenvalue weighted by atomic mass is 16.5. The van der Waals surface area contributed by atoms with Crippen LogP contribution in [0.5, 0.6) is 5.75 Å². The molecule has 15 heteroatoms. The fourth-order valence-corrected chi connectivity index (χ4v) is 7.01.